The van der Waals surface area contributed by atoms with Crippen LogP contribution in [-0.4, -0.2) is 49.8 Å². The molecule has 126 valence electrons. The van der Waals surface area contributed by atoms with Crippen molar-refractivity contribution >= 4 is 33.4 Å². The van der Waals surface area contributed by atoms with Crippen LogP contribution >= 0.6 is 15.9 Å². The second kappa shape index (κ2) is 7.90. The van der Waals surface area contributed by atoms with E-state index in [0.29, 0.717) is 6.54 Å². The number of benzene rings is 1. The second-order valence-corrected chi connectivity index (χ2v) is 6.55. The number of rotatable bonds is 6. The number of carbonyl (C=O) groups excluding carboxylic acids is 2. The Bertz CT molecular complexity index is 593. The minimum absolute atomic E-state index is 0.0655. The van der Waals surface area contributed by atoms with Crippen LogP contribution in [0.25, 0.3) is 0 Å². The van der Waals surface area contributed by atoms with E-state index in [0.717, 1.165) is 15.7 Å². The summed E-state index contributed by atoms with van der Waals surface area (Å²) < 4.78 is 5.79. The van der Waals surface area contributed by atoms with E-state index in [1.807, 2.05) is 25.1 Å². The molecule has 2 amide bonds. The molecule has 1 fully saturated rings. The van der Waals surface area contributed by atoms with E-state index in [9.17, 15) is 14.7 Å². The number of hydrogen-bond donors (Lipinski definition) is 2. The predicted octanol–water partition coefficient (Wildman–Crippen LogP) is 1.23. The van der Waals surface area contributed by atoms with Crippen LogP contribution in [0.2, 0.25) is 0 Å². The Morgan fingerprint density at radius 1 is 1.57 bits per heavy atom. The van der Waals surface area contributed by atoms with Crippen LogP contribution in [0.3, 0.4) is 0 Å². The largest absolute Gasteiger partial charge is 0.389 e. The van der Waals surface area contributed by atoms with E-state index in [2.05, 4.69) is 21.2 Å². The average molecular weight is 385 g/mol. The van der Waals surface area contributed by atoms with E-state index >= 15 is 0 Å². The minimum Gasteiger partial charge on any atom is -0.389 e. The van der Waals surface area contributed by atoms with Gasteiger partial charge in [-0.2, -0.15) is 0 Å². The molecule has 0 spiro atoms. The number of ether oxygens (including phenoxy) is 1. The third kappa shape index (κ3) is 4.53. The van der Waals surface area contributed by atoms with Crippen LogP contribution in [0.5, 0.6) is 0 Å². The summed E-state index contributed by atoms with van der Waals surface area (Å²) in [7, 11) is 1.48. The Balaban J connectivity index is 1.96. The molecular formula is C16H21BrN2O4. The SMILES string of the molecule is COC[C@@H](O)CNC(=O)[C@@H]1CC(=O)N(c2ccc(Br)c(C)c2)C1. The molecule has 1 aliphatic heterocycles. The fourth-order valence-corrected chi connectivity index (χ4v) is 2.79. The van der Waals surface area contributed by atoms with Crippen molar-refractivity contribution in [2.75, 3.05) is 31.7 Å². The first-order valence-corrected chi connectivity index (χ1v) is 8.23. The first-order valence-electron chi connectivity index (χ1n) is 7.43. The molecule has 1 aromatic rings. The van der Waals surface area contributed by atoms with Crippen molar-refractivity contribution in [1.29, 1.82) is 0 Å². The summed E-state index contributed by atoms with van der Waals surface area (Å²) in [6, 6.07) is 5.68. The molecule has 0 unspecified atom stereocenters. The number of hydrogen-bond acceptors (Lipinski definition) is 4. The molecule has 2 atom stereocenters. The quantitative estimate of drug-likeness (QED) is 0.772. The Morgan fingerprint density at radius 2 is 2.30 bits per heavy atom. The summed E-state index contributed by atoms with van der Waals surface area (Å²) in [5.74, 6) is -0.685. The van der Waals surface area contributed by atoms with Gasteiger partial charge in [0.25, 0.3) is 0 Å². The number of nitrogens with one attached hydrogen (secondary N) is 1. The van der Waals surface area contributed by atoms with Crippen molar-refractivity contribution in [2.45, 2.75) is 19.4 Å². The van der Waals surface area contributed by atoms with E-state index in [-0.39, 0.29) is 31.4 Å². The molecule has 0 bridgehead atoms. The molecule has 23 heavy (non-hydrogen) atoms. The van der Waals surface area contributed by atoms with Gasteiger partial charge in [0.05, 0.1) is 18.6 Å². The average Bonchev–Trinajstić information content (AvgIpc) is 2.90. The monoisotopic (exact) mass is 384 g/mol. The number of halogens is 1. The van der Waals surface area contributed by atoms with E-state index in [4.69, 9.17) is 4.74 Å². The van der Waals surface area contributed by atoms with Gasteiger partial charge in [-0.3, -0.25) is 9.59 Å². The van der Waals surface area contributed by atoms with Crippen molar-refractivity contribution in [3.05, 3.63) is 28.2 Å². The summed E-state index contributed by atoms with van der Waals surface area (Å²) in [5, 5.41) is 12.2. The summed E-state index contributed by atoms with van der Waals surface area (Å²) in [4.78, 5) is 26.0. The number of carbonyl (C=O) groups is 2. The smallest absolute Gasteiger partial charge is 0.227 e. The van der Waals surface area contributed by atoms with E-state index in [1.165, 1.54) is 7.11 Å². The Labute approximate surface area is 143 Å². The highest BCUT2D eigenvalue weighted by Crippen LogP contribution is 2.28. The van der Waals surface area contributed by atoms with Gasteiger partial charge in [-0.15, -0.1) is 0 Å². The zero-order chi connectivity index (χ0) is 17.0. The van der Waals surface area contributed by atoms with Gasteiger partial charge in [-0.1, -0.05) is 15.9 Å². The lowest BCUT2D eigenvalue weighted by molar-refractivity contribution is -0.126. The first kappa shape index (κ1) is 17.9. The lowest BCUT2D eigenvalue weighted by atomic mass is 10.1. The third-order valence-corrected chi connectivity index (χ3v) is 4.71. The van der Waals surface area contributed by atoms with Crippen LogP contribution in [0.1, 0.15) is 12.0 Å². The number of methoxy groups -OCH3 is 1. The Kier molecular flexibility index (Phi) is 6.15. The Hall–Kier alpha value is -1.44. The zero-order valence-electron chi connectivity index (χ0n) is 13.2. The van der Waals surface area contributed by atoms with Crippen molar-refractivity contribution < 1.29 is 19.4 Å². The number of amides is 2. The van der Waals surface area contributed by atoms with E-state index < -0.39 is 12.0 Å². The molecule has 1 saturated heterocycles. The number of nitrogens with zero attached hydrogens (tertiary/aromatic N) is 1. The Morgan fingerprint density at radius 3 is 2.96 bits per heavy atom. The van der Waals surface area contributed by atoms with Crippen LogP contribution in [0.15, 0.2) is 22.7 Å². The highest BCUT2D eigenvalue weighted by molar-refractivity contribution is 9.10. The van der Waals surface area contributed by atoms with Crippen LogP contribution < -0.4 is 10.2 Å². The topological polar surface area (TPSA) is 78.9 Å². The summed E-state index contributed by atoms with van der Waals surface area (Å²) in [5.41, 5.74) is 1.83. The van der Waals surface area contributed by atoms with Gasteiger partial charge in [0.2, 0.25) is 11.8 Å². The molecule has 0 aliphatic carbocycles. The first-order chi connectivity index (χ1) is 10.9. The van der Waals surface area contributed by atoms with Crippen LogP contribution in [0, 0.1) is 12.8 Å². The highest BCUT2D eigenvalue weighted by atomic mass is 79.9. The molecular weight excluding hydrogens is 364 g/mol. The molecule has 2 N–H and O–H groups in total. The van der Waals surface area contributed by atoms with Gasteiger partial charge >= 0.3 is 0 Å². The molecule has 0 aromatic heterocycles. The van der Waals surface area contributed by atoms with Gasteiger partial charge in [-0.25, -0.2) is 0 Å². The lowest BCUT2D eigenvalue weighted by Crippen LogP contribution is -2.38. The number of aliphatic hydroxyl groups is 1. The number of anilines is 1. The van der Waals surface area contributed by atoms with Crippen molar-refractivity contribution in [2.24, 2.45) is 5.92 Å². The lowest BCUT2D eigenvalue weighted by Gasteiger charge is -2.18. The van der Waals surface area contributed by atoms with E-state index in [1.54, 1.807) is 4.90 Å². The molecule has 0 saturated carbocycles. The second-order valence-electron chi connectivity index (χ2n) is 5.69. The maximum atomic E-state index is 12.2. The molecule has 1 aromatic carbocycles. The molecule has 0 radical (unpaired) electrons. The zero-order valence-corrected chi connectivity index (χ0v) is 14.8. The molecule has 1 heterocycles. The summed E-state index contributed by atoms with van der Waals surface area (Å²) in [6.07, 6.45) is -0.562. The summed E-state index contributed by atoms with van der Waals surface area (Å²) in [6.45, 7) is 2.59. The maximum Gasteiger partial charge on any atom is 0.227 e. The summed E-state index contributed by atoms with van der Waals surface area (Å²) >= 11 is 3.43. The number of aryl methyl sites for hydroxylation is 1. The van der Waals surface area contributed by atoms with Crippen molar-refractivity contribution in [3.63, 3.8) is 0 Å². The van der Waals surface area contributed by atoms with Gasteiger partial charge in [0, 0.05) is 36.8 Å². The normalized spacial score (nSPS) is 19.0. The van der Waals surface area contributed by atoms with Crippen LogP contribution in [0.4, 0.5) is 5.69 Å². The van der Waals surface area contributed by atoms with Gasteiger partial charge in [0.15, 0.2) is 0 Å². The van der Waals surface area contributed by atoms with Gasteiger partial charge in [-0.05, 0) is 30.7 Å². The predicted molar refractivity (Wildman–Crippen MR) is 90.2 cm³/mol. The third-order valence-electron chi connectivity index (χ3n) is 3.82. The molecule has 2 rings (SSSR count). The van der Waals surface area contributed by atoms with Gasteiger partial charge < -0.3 is 20.1 Å². The number of aliphatic hydroxyl groups excluding tert-OH is 1. The maximum absolute atomic E-state index is 12.2. The fourth-order valence-electron chi connectivity index (χ4n) is 2.54. The van der Waals surface area contributed by atoms with Gasteiger partial charge in [0.1, 0.15) is 0 Å². The van der Waals surface area contributed by atoms with Crippen molar-refractivity contribution in [3.8, 4) is 0 Å². The minimum atomic E-state index is -0.744. The molecule has 7 heteroatoms. The van der Waals surface area contributed by atoms with Crippen molar-refractivity contribution in [1.82, 2.24) is 5.32 Å². The molecule has 6 nitrogen and oxygen atoms in total. The highest BCUT2D eigenvalue weighted by Gasteiger charge is 2.35. The van der Waals surface area contributed by atoms with Crippen LogP contribution in [-0.2, 0) is 14.3 Å². The molecule has 1 aliphatic rings. The fraction of sp³-hybridized carbons (Fsp3) is 0.500. The standard InChI is InChI=1S/C16H21BrN2O4/c1-10-5-12(3-4-14(10)17)19-8-11(6-15(19)21)16(22)18-7-13(20)9-23-2/h3-5,11,13,20H,6-9H2,1-2H3,(H,18,22)/t11-,13+/m1/s1.